The Hall–Kier alpha value is -3.06. The number of benzene rings is 3. The summed E-state index contributed by atoms with van der Waals surface area (Å²) in [5, 5.41) is 0. The quantitative estimate of drug-likeness (QED) is 0.567. The van der Waals surface area contributed by atoms with Gasteiger partial charge in [-0.2, -0.15) is 0 Å². The topological polar surface area (TPSA) is 26.0 Å². The first-order valence-corrected chi connectivity index (χ1v) is 9.24. The molecule has 26 heavy (non-hydrogen) atoms. The molecule has 0 amide bonds. The van der Waals surface area contributed by atoms with E-state index < -0.39 is 0 Å². The molecule has 2 aliphatic carbocycles. The molecular formula is C25H21N. The summed E-state index contributed by atoms with van der Waals surface area (Å²) in [7, 11) is 0. The van der Waals surface area contributed by atoms with Gasteiger partial charge in [-0.15, -0.1) is 0 Å². The summed E-state index contributed by atoms with van der Waals surface area (Å²) in [4.78, 5) is 0. The van der Waals surface area contributed by atoms with Gasteiger partial charge in [0.2, 0.25) is 0 Å². The van der Waals surface area contributed by atoms with Gasteiger partial charge >= 0.3 is 0 Å². The van der Waals surface area contributed by atoms with E-state index in [1.54, 1.807) is 0 Å². The fraction of sp³-hybridized carbons (Fsp3) is 0.120. The lowest BCUT2D eigenvalue weighted by Crippen LogP contribution is -1.94. The maximum atomic E-state index is 6.34. The third kappa shape index (κ3) is 2.76. The van der Waals surface area contributed by atoms with E-state index in [1.165, 1.54) is 28.7 Å². The zero-order chi connectivity index (χ0) is 17.5. The van der Waals surface area contributed by atoms with Crippen LogP contribution in [0, 0.1) is 11.8 Å². The second kappa shape index (κ2) is 6.03. The number of nitrogen functional groups attached to an aromatic ring is 1. The fourth-order valence-electron chi connectivity index (χ4n) is 3.84. The van der Waals surface area contributed by atoms with Gasteiger partial charge in [0.05, 0.1) is 0 Å². The molecule has 1 saturated carbocycles. The highest BCUT2D eigenvalue weighted by molar-refractivity contribution is 5.85. The van der Waals surface area contributed by atoms with Crippen LogP contribution < -0.4 is 5.73 Å². The lowest BCUT2D eigenvalue weighted by molar-refractivity contribution is 0.985. The minimum Gasteiger partial charge on any atom is -0.398 e. The molecule has 0 radical (unpaired) electrons. The molecule has 1 nitrogen and oxygen atoms in total. The molecule has 2 N–H and O–H groups in total. The largest absolute Gasteiger partial charge is 0.398 e. The van der Waals surface area contributed by atoms with Crippen LogP contribution in [-0.4, -0.2) is 0 Å². The van der Waals surface area contributed by atoms with E-state index in [0.717, 1.165) is 28.7 Å². The predicted octanol–water partition coefficient (Wildman–Crippen LogP) is 6.19. The Morgan fingerprint density at radius 1 is 0.692 bits per heavy atom. The molecule has 2 aliphatic rings. The predicted molar refractivity (Wildman–Crippen MR) is 110 cm³/mol. The third-order valence-corrected chi connectivity index (χ3v) is 5.48. The lowest BCUT2D eigenvalue weighted by Gasteiger charge is -2.13. The van der Waals surface area contributed by atoms with Gasteiger partial charge in [0.1, 0.15) is 0 Å². The number of hydrogen-bond acceptors (Lipinski definition) is 1. The molecule has 3 aromatic rings. The monoisotopic (exact) mass is 335 g/mol. The van der Waals surface area contributed by atoms with Crippen molar-refractivity contribution in [3.63, 3.8) is 0 Å². The molecule has 0 aliphatic heterocycles. The standard InChI is InChI=1S/C25H21N/c26-25-12-11-21(19-9-10-20-15-23(20)14-19)16-24(25)22-8-4-7-18(13-22)17-5-2-1-3-6-17/h1-14,16,20,23H,15,26H2. The molecule has 1 heteroatoms. The Labute approximate surface area is 154 Å². The highest BCUT2D eigenvalue weighted by atomic mass is 14.6. The average Bonchev–Trinajstić information content (AvgIpc) is 3.48. The molecule has 5 rings (SSSR count). The van der Waals surface area contributed by atoms with Crippen LogP contribution in [0.5, 0.6) is 0 Å². The van der Waals surface area contributed by atoms with E-state index >= 15 is 0 Å². The van der Waals surface area contributed by atoms with Gasteiger partial charge in [-0.3, -0.25) is 0 Å². The Morgan fingerprint density at radius 2 is 1.50 bits per heavy atom. The van der Waals surface area contributed by atoms with Gasteiger partial charge in [-0.1, -0.05) is 72.8 Å². The van der Waals surface area contributed by atoms with E-state index in [9.17, 15) is 0 Å². The van der Waals surface area contributed by atoms with Gasteiger partial charge in [0.25, 0.3) is 0 Å². The summed E-state index contributed by atoms with van der Waals surface area (Å²) in [6, 6.07) is 25.5. The highest BCUT2D eigenvalue weighted by Crippen LogP contribution is 2.46. The van der Waals surface area contributed by atoms with Crippen LogP contribution in [0.4, 0.5) is 5.69 Å². The summed E-state index contributed by atoms with van der Waals surface area (Å²) >= 11 is 0. The molecule has 3 aromatic carbocycles. The van der Waals surface area contributed by atoms with Crippen LogP contribution in [0.3, 0.4) is 0 Å². The summed E-state index contributed by atoms with van der Waals surface area (Å²) in [5.41, 5.74) is 14.4. The smallest absolute Gasteiger partial charge is 0.0394 e. The molecule has 2 unspecified atom stereocenters. The molecule has 0 heterocycles. The van der Waals surface area contributed by atoms with Crippen LogP contribution in [-0.2, 0) is 0 Å². The maximum absolute atomic E-state index is 6.34. The second-order valence-corrected chi connectivity index (χ2v) is 7.29. The first kappa shape index (κ1) is 15.2. The van der Waals surface area contributed by atoms with Gasteiger partial charge in [-0.25, -0.2) is 0 Å². The van der Waals surface area contributed by atoms with Crippen molar-refractivity contribution in [2.24, 2.45) is 11.8 Å². The minimum atomic E-state index is 0.748. The van der Waals surface area contributed by atoms with Gasteiger partial charge < -0.3 is 5.73 Å². The van der Waals surface area contributed by atoms with E-state index in [0.29, 0.717) is 0 Å². The SMILES string of the molecule is Nc1ccc(C2=CC3CC3C=C2)cc1-c1cccc(-c2ccccc2)c1. The Bertz CT molecular complexity index is 1030. The van der Waals surface area contributed by atoms with Crippen molar-refractivity contribution in [2.45, 2.75) is 6.42 Å². The maximum Gasteiger partial charge on any atom is 0.0394 e. The molecule has 0 spiro atoms. The summed E-state index contributed by atoms with van der Waals surface area (Å²) in [6.45, 7) is 0. The van der Waals surface area contributed by atoms with Crippen LogP contribution in [0.1, 0.15) is 12.0 Å². The van der Waals surface area contributed by atoms with E-state index in [-0.39, 0.29) is 0 Å². The molecule has 0 bridgehead atoms. The van der Waals surface area contributed by atoms with Gasteiger partial charge in [-0.05, 0) is 64.3 Å². The first-order chi connectivity index (χ1) is 12.8. The molecule has 126 valence electrons. The van der Waals surface area contributed by atoms with Crippen LogP contribution >= 0.6 is 0 Å². The highest BCUT2D eigenvalue weighted by Gasteiger charge is 2.35. The Kier molecular flexibility index (Phi) is 3.53. The zero-order valence-electron chi connectivity index (χ0n) is 14.6. The molecule has 0 saturated heterocycles. The van der Waals surface area contributed by atoms with Crippen molar-refractivity contribution in [3.05, 3.63) is 96.6 Å². The van der Waals surface area contributed by atoms with E-state index in [1.807, 2.05) is 12.1 Å². The number of nitrogens with two attached hydrogens (primary N) is 1. The van der Waals surface area contributed by atoms with Crippen molar-refractivity contribution in [3.8, 4) is 22.3 Å². The summed E-state index contributed by atoms with van der Waals surface area (Å²) in [6.07, 6.45) is 8.34. The van der Waals surface area contributed by atoms with E-state index in [2.05, 4.69) is 78.9 Å². The van der Waals surface area contributed by atoms with Crippen molar-refractivity contribution in [1.82, 2.24) is 0 Å². The molecule has 0 aromatic heterocycles. The number of anilines is 1. The normalized spacial score (nSPS) is 20.4. The Balaban J connectivity index is 1.56. The lowest BCUT2D eigenvalue weighted by atomic mass is 9.93. The summed E-state index contributed by atoms with van der Waals surface area (Å²) < 4.78 is 0. The molecule has 1 fully saturated rings. The zero-order valence-corrected chi connectivity index (χ0v) is 14.6. The van der Waals surface area contributed by atoms with Crippen LogP contribution in [0.2, 0.25) is 0 Å². The van der Waals surface area contributed by atoms with Gasteiger partial charge in [0, 0.05) is 11.3 Å². The van der Waals surface area contributed by atoms with Crippen molar-refractivity contribution in [1.29, 1.82) is 0 Å². The van der Waals surface area contributed by atoms with Crippen LogP contribution in [0.15, 0.2) is 91.0 Å². The van der Waals surface area contributed by atoms with Crippen LogP contribution in [0.25, 0.3) is 27.8 Å². The van der Waals surface area contributed by atoms with Crippen molar-refractivity contribution < 1.29 is 0 Å². The third-order valence-electron chi connectivity index (χ3n) is 5.48. The minimum absolute atomic E-state index is 0.748. The van der Waals surface area contributed by atoms with Crippen molar-refractivity contribution in [2.75, 3.05) is 5.73 Å². The van der Waals surface area contributed by atoms with E-state index in [4.69, 9.17) is 5.73 Å². The number of rotatable bonds is 3. The van der Waals surface area contributed by atoms with Crippen molar-refractivity contribution >= 4 is 11.3 Å². The fourth-order valence-corrected chi connectivity index (χ4v) is 3.84. The summed E-state index contributed by atoms with van der Waals surface area (Å²) in [5.74, 6) is 1.53. The average molecular weight is 335 g/mol. The number of hydrogen-bond donors (Lipinski definition) is 1. The molecular weight excluding hydrogens is 314 g/mol. The molecule has 2 atom stereocenters. The van der Waals surface area contributed by atoms with Gasteiger partial charge in [0.15, 0.2) is 0 Å². The first-order valence-electron chi connectivity index (χ1n) is 9.24. The number of allylic oxidation sites excluding steroid dienone is 4. The number of fused-ring (bicyclic) bond motifs is 1. The second-order valence-electron chi connectivity index (χ2n) is 7.29. The Morgan fingerprint density at radius 3 is 2.35 bits per heavy atom.